The van der Waals surface area contributed by atoms with Crippen LogP contribution in [0.5, 0.6) is 0 Å². The molecule has 1 heterocycles. The molecule has 7 heteroatoms. The van der Waals surface area contributed by atoms with Crippen LogP contribution < -0.4 is 5.32 Å². The average molecular weight is 416 g/mol. The van der Waals surface area contributed by atoms with Crippen molar-refractivity contribution in [3.05, 3.63) is 0 Å². The molecule has 1 aromatic rings. The molecule has 5 rings (SSSR count). The fourth-order valence-corrected chi connectivity index (χ4v) is 8.66. The number of amides is 1. The Morgan fingerprint density at radius 1 is 1.35 bits per heavy atom. The van der Waals surface area contributed by atoms with Gasteiger partial charge in [0.25, 0.3) is 0 Å². The zero-order chi connectivity index (χ0) is 16.1. The van der Waals surface area contributed by atoms with E-state index in [-0.39, 0.29) is 11.3 Å². The molecule has 0 aromatic carbocycles. The number of nitrogens with one attached hydrogen (secondary N) is 1. The van der Waals surface area contributed by atoms with E-state index in [1.807, 2.05) is 0 Å². The minimum atomic E-state index is 0.118. The Morgan fingerprint density at radius 2 is 2.09 bits per heavy atom. The van der Waals surface area contributed by atoms with Gasteiger partial charge < -0.3 is 5.32 Å². The Balaban J connectivity index is 1.42. The number of rotatable bonds is 5. The van der Waals surface area contributed by atoms with Gasteiger partial charge in [0.2, 0.25) is 11.0 Å². The summed E-state index contributed by atoms with van der Waals surface area (Å²) in [4.78, 5) is 12.6. The zero-order valence-electron chi connectivity index (χ0n) is 13.3. The van der Waals surface area contributed by atoms with Crippen LogP contribution in [0.1, 0.15) is 51.9 Å². The van der Waals surface area contributed by atoms with Crippen LogP contribution in [-0.2, 0) is 4.79 Å². The summed E-state index contributed by atoms with van der Waals surface area (Å²) in [5.74, 6) is 2.73. The Hall–Kier alpha value is -0.140. The first-order valence-electron chi connectivity index (χ1n) is 8.43. The summed E-state index contributed by atoms with van der Waals surface area (Å²) < 4.78 is 1.24. The third-order valence-electron chi connectivity index (χ3n) is 5.57. The van der Waals surface area contributed by atoms with E-state index in [2.05, 4.69) is 38.4 Å². The van der Waals surface area contributed by atoms with Crippen LogP contribution in [0.25, 0.3) is 0 Å². The van der Waals surface area contributed by atoms with Gasteiger partial charge in [-0.1, -0.05) is 46.0 Å². The minimum Gasteiger partial charge on any atom is -0.300 e. The van der Waals surface area contributed by atoms with Crippen LogP contribution in [0.4, 0.5) is 5.13 Å². The van der Waals surface area contributed by atoms with Gasteiger partial charge in [0.15, 0.2) is 4.34 Å². The summed E-state index contributed by atoms with van der Waals surface area (Å²) >= 11 is 7.16. The molecular weight excluding hydrogens is 394 g/mol. The Labute approximate surface area is 153 Å². The lowest BCUT2D eigenvalue weighted by atomic mass is 9.48. The third-order valence-corrected chi connectivity index (χ3v) is 8.35. The molecule has 126 valence electrons. The van der Waals surface area contributed by atoms with Crippen molar-refractivity contribution < 1.29 is 4.79 Å². The molecular formula is C16H22BrN3OS2. The van der Waals surface area contributed by atoms with E-state index < -0.39 is 0 Å². The Morgan fingerprint density at radius 3 is 2.74 bits per heavy atom. The maximum Gasteiger partial charge on any atom is 0.226 e. The Kier molecular flexibility index (Phi) is 4.25. The molecule has 2 atom stereocenters. The molecule has 23 heavy (non-hydrogen) atoms. The van der Waals surface area contributed by atoms with E-state index >= 15 is 0 Å². The molecule has 2 unspecified atom stereocenters. The van der Waals surface area contributed by atoms with E-state index in [0.717, 1.165) is 28.3 Å². The molecule has 0 spiro atoms. The number of anilines is 1. The normalized spacial score (nSPS) is 38.0. The van der Waals surface area contributed by atoms with Crippen LogP contribution in [0, 0.1) is 17.3 Å². The number of carbonyl (C=O) groups excluding carboxylic acids is 1. The smallest absolute Gasteiger partial charge is 0.226 e. The first-order chi connectivity index (χ1) is 11.0. The first kappa shape index (κ1) is 16.3. The van der Waals surface area contributed by atoms with Crippen LogP contribution in [0.15, 0.2) is 4.34 Å². The monoisotopic (exact) mass is 415 g/mol. The number of nitrogens with zero attached hydrogens (tertiary/aromatic N) is 2. The predicted molar refractivity (Wildman–Crippen MR) is 98.3 cm³/mol. The molecule has 1 amide bonds. The minimum absolute atomic E-state index is 0.118. The average Bonchev–Trinajstić information content (AvgIpc) is 2.82. The molecule has 4 bridgehead atoms. The Bertz CT molecular complexity index is 606. The number of alkyl halides is 1. The van der Waals surface area contributed by atoms with Crippen molar-refractivity contribution in [1.29, 1.82) is 0 Å². The number of halogens is 1. The van der Waals surface area contributed by atoms with E-state index in [1.165, 1.54) is 43.4 Å². The maximum absolute atomic E-state index is 12.6. The first-order valence-corrected chi connectivity index (χ1v) is 11.0. The molecule has 0 radical (unpaired) electrons. The second kappa shape index (κ2) is 5.99. The summed E-state index contributed by atoms with van der Waals surface area (Å²) in [5.41, 5.74) is 0.212. The van der Waals surface area contributed by atoms with Crippen molar-refractivity contribution in [2.24, 2.45) is 17.3 Å². The van der Waals surface area contributed by atoms with Gasteiger partial charge in [0.05, 0.1) is 0 Å². The van der Waals surface area contributed by atoms with Crippen molar-refractivity contribution in [1.82, 2.24) is 10.2 Å². The lowest BCUT2D eigenvalue weighted by Crippen LogP contribution is -2.53. The fourth-order valence-electron chi connectivity index (χ4n) is 5.49. The number of hydrogen-bond acceptors (Lipinski definition) is 5. The van der Waals surface area contributed by atoms with Gasteiger partial charge in [-0.2, -0.15) is 0 Å². The third kappa shape index (κ3) is 3.33. The summed E-state index contributed by atoms with van der Waals surface area (Å²) in [7, 11) is 0. The van der Waals surface area contributed by atoms with Crippen LogP contribution >= 0.6 is 39.0 Å². The molecule has 1 N–H and O–H groups in total. The lowest BCUT2D eigenvalue weighted by molar-refractivity contribution is -0.123. The molecule has 4 nitrogen and oxygen atoms in total. The van der Waals surface area contributed by atoms with Gasteiger partial charge in [0.1, 0.15) is 0 Å². The predicted octanol–water partition coefficient (Wildman–Crippen LogP) is 4.71. The lowest BCUT2D eigenvalue weighted by Gasteiger charge is -2.60. The van der Waals surface area contributed by atoms with Crippen LogP contribution in [-0.4, -0.2) is 26.2 Å². The van der Waals surface area contributed by atoms with E-state index in [9.17, 15) is 4.79 Å². The number of thioether (sulfide) groups is 1. The highest BCUT2D eigenvalue weighted by molar-refractivity contribution is 9.10. The standard InChI is InChI=1S/C16H22BrN3OS2/c1-2-22-14-20-19-13(23-14)18-12(21)8-15-4-10-3-11(5-15)7-16(17,6-10)9-15/h10-11H,2-9H2,1H3,(H,18,19,21). The number of carbonyl (C=O) groups is 1. The fraction of sp³-hybridized carbons (Fsp3) is 0.812. The molecule has 4 saturated carbocycles. The molecule has 0 saturated heterocycles. The van der Waals surface area contributed by atoms with Crippen molar-refractivity contribution in [2.45, 2.75) is 60.5 Å². The highest BCUT2D eigenvalue weighted by Gasteiger charge is 2.57. The van der Waals surface area contributed by atoms with Gasteiger partial charge in [0, 0.05) is 10.7 Å². The van der Waals surface area contributed by atoms with Gasteiger partial charge in [-0.05, 0) is 61.5 Å². The van der Waals surface area contributed by atoms with Crippen LogP contribution in [0.3, 0.4) is 0 Å². The molecule has 4 fully saturated rings. The summed E-state index contributed by atoms with van der Waals surface area (Å²) in [5, 5.41) is 11.8. The van der Waals surface area contributed by atoms with Crippen molar-refractivity contribution in [3.8, 4) is 0 Å². The SMILES string of the molecule is CCSc1nnc(NC(=O)CC23CC4CC(CC(Br)(C4)C2)C3)s1. The quantitative estimate of drug-likeness (QED) is 0.429. The van der Waals surface area contributed by atoms with Crippen molar-refractivity contribution in [3.63, 3.8) is 0 Å². The molecule has 4 aliphatic carbocycles. The number of aromatic nitrogens is 2. The van der Waals surface area contributed by atoms with Crippen molar-refractivity contribution in [2.75, 3.05) is 11.1 Å². The van der Waals surface area contributed by atoms with Gasteiger partial charge in [-0.15, -0.1) is 10.2 Å². The zero-order valence-corrected chi connectivity index (χ0v) is 16.5. The second-order valence-corrected chi connectivity index (χ2v) is 11.8. The maximum atomic E-state index is 12.6. The summed E-state index contributed by atoms with van der Waals surface area (Å²) in [6.45, 7) is 2.09. The summed E-state index contributed by atoms with van der Waals surface area (Å²) in [6.07, 6.45) is 8.26. The second-order valence-electron chi connectivity index (χ2n) is 7.64. The highest BCUT2D eigenvalue weighted by atomic mass is 79.9. The van der Waals surface area contributed by atoms with E-state index in [0.29, 0.717) is 15.9 Å². The van der Waals surface area contributed by atoms with E-state index in [1.54, 1.807) is 11.8 Å². The topological polar surface area (TPSA) is 54.9 Å². The van der Waals surface area contributed by atoms with Gasteiger partial charge in [-0.25, -0.2) is 0 Å². The molecule has 1 aromatic heterocycles. The highest BCUT2D eigenvalue weighted by Crippen LogP contribution is 2.65. The molecule has 0 aliphatic heterocycles. The van der Waals surface area contributed by atoms with Crippen LogP contribution in [0.2, 0.25) is 0 Å². The number of hydrogen-bond donors (Lipinski definition) is 1. The van der Waals surface area contributed by atoms with Crippen molar-refractivity contribution >= 4 is 50.1 Å². The van der Waals surface area contributed by atoms with Gasteiger partial charge in [-0.3, -0.25) is 4.79 Å². The largest absolute Gasteiger partial charge is 0.300 e. The summed E-state index contributed by atoms with van der Waals surface area (Å²) in [6, 6.07) is 0. The van der Waals surface area contributed by atoms with E-state index in [4.69, 9.17) is 0 Å². The van der Waals surface area contributed by atoms with Gasteiger partial charge >= 0.3 is 0 Å². The molecule has 4 aliphatic rings.